The van der Waals surface area contributed by atoms with Gasteiger partial charge in [-0.15, -0.1) is 0 Å². The van der Waals surface area contributed by atoms with E-state index in [1.807, 2.05) is 12.1 Å². The Bertz CT molecular complexity index is 1050. The second kappa shape index (κ2) is 9.58. The summed E-state index contributed by atoms with van der Waals surface area (Å²) in [6.45, 7) is -0.104. The summed E-state index contributed by atoms with van der Waals surface area (Å²) in [5.74, 6) is 0.148. The molecule has 0 saturated carbocycles. The largest absolute Gasteiger partial charge is 0.467 e. The van der Waals surface area contributed by atoms with Crippen LogP contribution in [-0.2, 0) is 27.9 Å². The summed E-state index contributed by atoms with van der Waals surface area (Å²) >= 11 is 9.23. The number of nitrogens with one attached hydrogen (secondary N) is 1. The minimum absolute atomic E-state index is 0.0480. The maximum atomic E-state index is 13.2. The third-order valence-corrected chi connectivity index (χ3v) is 6.67. The molecule has 0 bridgehead atoms. The van der Waals surface area contributed by atoms with Gasteiger partial charge in [0.1, 0.15) is 5.76 Å². The number of hydrogen-bond donors (Lipinski definition) is 1. The number of sulfonamides is 1. The van der Waals surface area contributed by atoms with Crippen LogP contribution in [0.15, 0.2) is 80.7 Å². The first kappa shape index (κ1) is 21.6. The number of benzene rings is 2. The van der Waals surface area contributed by atoms with Crippen molar-refractivity contribution in [3.05, 3.63) is 87.7 Å². The van der Waals surface area contributed by atoms with E-state index < -0.39 is 15.9 Å². The van der Waals surface area contributed by atoms with Gasteiger partial charge in [-0.3, -0.25) is 4.79 Å². The number of nitrogens with zero attached hydrogens (tertiary/aromatic N) is 1. The highest BCUT2D eigenvalue weighted by Crippen LogP contribution is 2.21. The lowest BCUT2D eigenvalue weighted by Crippen LogP contribution is -2.40. The Balaban J connectivity index is 1.81. The molecule has 0 unspecified atom stereocenters. The first-order valence-corrected chi connectivity index (χ1v) is 11.2. The average molecular weight is 498 g/mol. The summed E-state index contributed by atoms with van der Waals surface area (Å²) in [4.78, 5) is 12.5. The van der Waals surface area contributed by atoms with Crippen LogP contribution in [0.2, 0.25) is 5.02 Å². The van der Waals surface area contributed by atoms with Gasteiger partial charge in [0.25, 0.3) is 0 Å². The van der Waals surface area contributed by atoms with E-state index in [-0.39, 0.29) is 24.5 Å². The third-order valence-electron chi connectivity index (χ3n) is 4.08. The molecule has 3 rings (SSSR count). The fraction of sp³-hybridized carbons (Fsp3) is 0.150. The quantitative estimate of drug-likeness (QED) is 0.506. The van der Waals surface area contributed by atoms with Crippen LogP contribution < -0.4 is 5.32 Å². The van der Waals surface area contributed by atoms with E-state index in [1.54, 1.807) is 24.3 Å². The summed E-state index contributed by atoms with van der Waals surface area (Å²) in [7, 11) is -3.91. The van der Waals surface area contributed by atoms with E-state index in [9.17, 15) is 13.2 Å². The monoisotopic (exact) mass is 496 g/mol. The van der Waals surface area contributed by atoms with Crippen molar-refractivity contribution in [2.24, 2.45) is 0 Å². The van der Waals surface area contributed by atoms with Gasteiger partial charge in [0, 0.05) is 16.0 Å². The van der Waals surface area contributed by atoms with Crippen molar-refractivity contribution < 1.29 is 17.6 Å². The highest BCUT2D eigenvalue weighted by atomic mass is 79.9. The highest BCUT2D eigenvalue weighted by Gasteiger charge is 2.27. The highest BCUT2D eigenvalue weighted by molar-refractivity contribution is 9.10. The maximum absolute atomic E-state index is 13.2. The molecule has 9 heteroatoms. The first-order chi connectivity index (χ1) is 13.8. The van der Waals surface area contributed by atoms with Crippen molar-refractivity contribution in [2.45, 2.75) is 18.0 Å². The molecule has 1 aromatic heterocycles. The Morgan fingerprint density at radius 3 is 2.38 bits per heavy atom. The molecule has 1 N–H and O–H groups in total. The van der Waals surface area contributed by atoms with Crippen LogP contribution in [0.5, 0.6) is 0 Å². The average Bonchev–Trinajstić information content (AvgIpc) is 3.21. The molecule has 152 valence electrons. The molecule has 1 heterocycles. The predicted molar refractivity (Wildman–Crippen MR) is 114 cm³/mol. The van der Waals surface area contributed by atoms with Crippen LogP contribution in [0.25, 0.3) is 0 Å². The lowest BCUT2D eigenvalue weighted by Gasteiger charge is -2.22. The molecule has 29 heavy (non-hydrogen) atoms. The Morgan fingerprint density at radius 2 is 1.76 bits per heavy atom. The SMILES string of the molecule is O=C(CN(Cc1ccc(Br)cc1)S(=O)(=O)c1ccc(Cl)cc1)NCc1ccco1. The van der Waals surface area contributed by atoms with Crippen LogP contribution in [-0.4, -0.2) is 25.2 Å². The van der Waals surface area contributed by atoms with Gasteiger partial charge in [-0.25, -0.2) is 8.42 Å². The zero-order chi connectivity index (χ0) is 20.9. The Kier molecular flexibility index (Phi) is 7.13. The lowest BCUT2D eigenvalue weighted by atomic mass is 10.2. The number of hydrogen-bond acceptors (Lipinski definition) is 4. The fourth-order valence-electron chi connectivity index (χ4n) is 2.59. The number of carbonyl (C=O) groups is 1. The third kappa shape index (κ3) is 5.93. The topological polar surface area (TPSA) is 79.6 Å². The molecular formula is C20H18BrClN2O4S. The van der Waals surface area contributed by atoms with Crippen LogP contribution in [0, 0.1) is 0 Å². The number of carbonyl (C=O) groups excluding carboxylic acids is 1. The molecule has 0 fully saturated rings. The van der Waals surface area contributed by atoms with Gasteiger partial charge in [0.2, 0.25) is 15.9 Å². The van der Waals surface area contributed by atoms with Crippen molar-refractivity contribution in [3.63, 3.8) is 0 Å². The molecule has 0 aliphatic carbocycles. The summed E-state index contributed by atoms with van der Waals surface area (Å²) in [6.07, 6.45) is 1.51. The Labute approximate surface area is 182 Å². The van der Waals surface area contributed by atoms with E-state index in [4.69, 9.17) is 16.0 Å². The van der Waals surface area contributed by atoms with Crippen molar-refractivity contribution in [1.29, 1.82) is 0 Å². The smallest absolute Gasteiger partial charge is 0.243 e. The maximum Gasteiger partial charge on any atom is 0.243 e. The molecule has 2 aromatic carbocycles. The van der Waals surface area contributed by atoms with Crippen molar-refractivity contribution in [1.82, 2.24) is 9.62 Å². The van der Waals surface area contributed by atoms with E-state index in [0.717, 1.165) is 14.3 Å². The van der Waals surface area contributed by atoms with E-state index >= 15 is 0 Å². The molecule has 1 amide bonds. The summed E-state index contributed by atoms with van der Waals surface area (Å²) in [6, 6.07) is 16.5. The molecule has 0 aliphatic heterocycles. The number of halogens is 2. The van der Waals surface area contributed by atoms with Gasteiger partial charge in [-0.2, -0.15) is 4.31 Å². The molecule has 6 nitrogen and oxygen atoms in total. The predicted octanol–water partition coefficient (Wildman–Crippen LogP) is 4.20. The van der Waals surface area contributed by atoms with Gasteiger partial charge in [0.05, 0.1) is 24.2 Å². The summed E-state index contributed by atoms with van der Waals surface area (Å²) in [5, 5.41) is 3.11. The second-order valence-corrected chi connectivity index (χ2v) is 9.50. The van der Waals surface area contributed by atoms with Crippen molar-refractivity contribution >= 4 is 43.5 Å². The molecule has 3 aromatic rings. The summed E-state index contributed by atoms with van der Waals surface area (Å²) < 4.78 is 33.5. The van der Waals surface area contributed by atoms with Crippen LogP contribution in [0.4, 0.5) is 0 Å². The van der Waals surface area contributed by atoms with Crippen molar-refractivity contribution in [3.8, 4) is 0 Å². The van der Waals surface area contributed by atoms with Crippen LogP contribution in [0.3, 0.4) is 0 Å². The van der Waals surface area contributed by atoms with Gasteiger partial charge >= 0.3 is 0 Å². The molecule has 0 aliphatic rings. The Hall–Kier alpha value is -2.13. The lowest BCUT2D eigenvalue weighted by molar-refractivity contribution is -0.121. The second-order valence-electron chi connectivity index (χ2n) is 6.21. The van der Waals surface area contributed by atoms with Crippen molar-refractivity contribution in [2.75, 3.05) is 6.54 Å². The van der Waals surface area contributed by atoms with Gasteiger partial charge in [-0.05, 0) is 54.1 Å². The zero-order valence-corrected chi connectivity index (χ0v) is 18.4. The van der Waals surface area contributed by atoms with Gasteiger partial charge in [0.15, 0.2) is 0 Å². The molecule has 0 radical (unpaired) electrons. The number of furan rings is 1. The zero-order valence-electron chi connectivity index (χ0n) is 15.2. The van der Waals surface area contributed by atoms with Crippen LogP contribution >= 0.6 is 27.5 Å². The molecular weight excluding hydrogens is 480 g/mol. The number of rotatable bonds is 8. The van der Waals surface area contributed by atoms with E-state index in [2.05, 4.69) is 21.2 Å². The van der Waals surface area contributed by atoms with Gasteiger partial charge < -0.3 is 9.73 Å². The molecule has 0 spiro atoms. The van der Waals surface area contributed by atoms with E-state index in [0.29, 0.717) is 10.8 Å². The normalized spacial score (nSPS) is 11.6. The first-order valence-electron chi connectivity index (χ1n) is 8.64. The van der Waals surface area contributed by atoms with E-state index in [1.165, 1.54) is 30.5 Å². The number of amides is 1. The minimum atomic E-state index is -3.91. The van der Waals surface area contributed by atoms with Gasteiger partial charge in [-0.1, -0.05) is 39.7 Å². The summed E-state index contributed by atoms with van der Waals surface area (Å²) in [5.41, 5.74) is 0.754. The standard InChI is InChI=1S/C20H18BrClN2O4S/c21-16-5-3-15(4-6-16)13-24(14-20(25)23-12-18-2-1-11-28-18)29(26,27)19-9-7-17(22)8-10-19/h1-11H,12-14H2,(H,23,25). The van der Waals surface area contributed by atoms with Crippen LogP contribution in [0.1, 0.15) is 11.3 Å². The fourth-order valence-corrected chi connectivity index (χ4v) is 4.36. The Morgan fingerprint density at radius 1 is 1.07 bits per heavy atom. The minimum Gasteiger partial charge on any atom is -0.467 e. The molecule has 0 saturated heterocycles. The molecule has 0 atom stereocenters.